The third-order valence-electron chi connectivity index (χ3n) is 2.96. The van der Waals surface area contributed by atoms with Gasteiger partial charge in [-0.3, -0.25) is 0 Å². The lowest BCUT2D eigenvalue weighted by atomic mass is 10.1. The molecule has 1 N–H and O–H groups in total. The van der Waals surface area contributed by atoms with Crippen LogP contribution in [0.1, 0.15) is 23.9 Å². The lowest BCUT2D eigenvalue weighted by molar-refractivity contribution is 0.182. The summed E-state index contributed by atoms with van der Waals surface area (Å²) in [5.74, 6) is 0.985. The summed E-state index contributed by atoms with van der Waals surface area (Å²) in [6, 6.07) is 5.95. The number of hydrogen-bond donors (Lipinski definition) is 1. The molecule has 0 radical (unpaired) electrons. The molecule has 0 aliphatic carbocycles. The number of nitrogens with zero attached hydrogens (tertiary/aromatic N) is 2. The third kappa shape index (κ3) is 2.52. The van der Waals surface area contributed by atoms with E-state index in [1.54, 1.807) is 0 Å². The second-order valence-corrected chi connectivity index (χ2v) is 4.80. The molecule has 0 aliphatic heterocycles. The van der Waals surface area contributed by atoms with Crippen molar-refractivity contribution in [2.45, 2.75) is 19.4 Å². The summed E-state index contributed by atoms with van der Waals surface area (Å²) in [5.41, 5.74) is 2.97. The molecule has 0 bridgehead atoms. The third-order valence-corrected chi connectivity index (χ3v) is 3.47. The Hall–Kier alpha value is -0.880. The van der Waals surface area contributed by atoms with Gasteiger partial charge in [0, 0.05) is 7.05 Å². The minimum absolute atomic E-state index is 0.451. The van der Waals surface area contributed by atoms with Crippen LogP contribution in [0.15, 0.2) is 28.4 Å². The summed E-state index contributed by atoms with van der Waals surface area (Å²) in [6.45, 7) is 1.98. The summed E-state index contributed by atoms with van der Waals surface area (Å²) in [4.78, 5) is 4.47. The van der Waals surface area contributed by atoms with Crippen LogP contribution in [0, 0.1) is 6.92 Å². The Morgan fingerprint density at radius 2 is 2.29 bits per heavy atom. The maximum absolute atomic E-state index is 10.00. The number of hydrogen-bond acceptors (Lipinski definition) is 2. The van der Waals surface area contributed by atoms with Crippen molar-refractivity contribution in [2.24, 2.45) is 7.05 Å². The fourth-order valence-electron chi connectivity index (χ4n) is 1.86. The minimum atomic E-state index is -0.451. The second kappa shape index (κ2) is 5.18. The van der Waals surface area contributed by atoms with E-state index in [-0.39, 0.29) is 0 Å². The van der Waals surface area contributed by atoms with Gasteiger partial charge in [-0.25, -0.2) is 4.98 Å². The van der Waals surface area contributed by atoms with E-state index in [0.29, 0.717) is 6.42 Å². The molecular weight excluding hydrogens is 327 g/mol. The molecule has 90 valence electrons. The van der Waals surface area contributed by atoms with Crippen molar-refractivity contribution in [3.05, 3.63) is 39.7 Å². The quantitative estimate of drug-likeness (QED) is 0.870. The van der Waals surface area contributed by atoms with E-state index in [2.05, 4.69) is 32.1 Å². The van der Waals surface area contributed by atoms with Gasteiger partial charge >= 0.3 is 0 Å². The maximum atomic E-state index is 10.00. The highest BCUT2D eigenvalue weighted by molar-refractivity contribution is 14.1. The first-order valence-electron chi connectivity index (χ1n) is 5.49. The number of aryl methyl sites for hydroxylation is 2. The van der Waals surface area contributed by atoms with E-state index >= 15 is 0 Å². The Balaban J connectivity index is 2.37. The van der Waals surface area contributed by atoms with Gasteiger partial charge in [-0.1, -0.05) is 34.7 Å². The van der Waals surface area contributed by atoms with E-state index in [1.807, 2.05) is 42.3 Å². The van der Waals surface area contributed by atoms with Gasteiger partial charge in [0.05, 0.1) is 17.1 Å². The smallest absolute Gasteiger partial charge is 0.106 e. The molecule has 2 rings (SSSR count). The SMILES string of the molecule is Cc1nc2cc([C@H](O)CC=CI)ccc2n1C. The molecule has 4 heteroatoms. The standard InChI is InChI=1S/C13H15IN2O/c1-9-15-11-8-10(13(17)4-3-7-14)5-6-12(11)16(9)2/h3,5-8,13,17H,4H2,1-2H3/t13-/m1/s1. The zero-order chi connectivity index (χ0) is 12.4. The Bertz CT molecular complexity index is 560. The van der Waals surface area contributed by atoms with Gasteiger partial charge in [-0.05, 0) is 35.1 Å². The van der Waals surface area contributed by atoms with Crippen LogP contribution in [0.25, 0.3) is 11.0 Å². The zero-order valence-corrected chi connectivity index (χ0v) is 12.0. The molecular formula is C13H15IN2O. The topological polar surface area (TPSA) is 38.1 Å². The van der Waals surface area contributed by atoms with Crippen molar-refractivity contribution in [2.75, 3.05) is 0 Å². The highest BCUT2D eigenvalue weighted by Crippen LogP contribution is 2.22. The van der Waals surface area contributed by atoms with Crippen molar-refractivity contribution < 1.29 is 5.11 Å². The molecule has 0 saturated carbocycles. The monoisotopic (exact) mass is 342 g/mol. The molecule has 1 atom stereocenters. The van der Waals surface area contributed by atoms with Gasteiger partial charge < -0.3 is 9.67 Å². The van der Waals surface area contributed by atoms with Crippen molar-refractivity contribution in [1.82, 2.24) is 9.55 Å². The fourth-order valence-corrected chi connectivity index (χ4v) is 2.15. The van der Waals surface area contributed by atoms with E-state index in [0.717, 1.165) is 22.4 Å². The molecule has 0 unspecified atom stereocenters. The number of halogens is 1. The average Bonchev–Trinajstić information content (AvgIpc) is 2.61. The van der Waals surface area contributed by atoms with Crippen molar-refractivity contribution in [3.63, 3.8) is 0 Å². The molecule has 0 aliphatic rings. The first kappa shape index (κ1) is 12.6. The molecule has 1 aromatic carbocycles. The first-order chi connectivity index (χ1) is 8.13. The number of imidazole rings is 1. The summed E-state index contributed by atoms with van der Waals surface area (Å²) >= 11 is 2.15. The molecule has 17 heavy (non-hydrogen) atoms. The van der Waals surface area contributed by atoms with E-state index in [1.165, 1.54) is 0 Å². The van der Waals surface area contributed by atoms with Crippen LogP contribution >= 0.6 is 22.6 Å². The normalized spacial score (nSPS) is 13.6. The zero-order valence-electron chi connectivity index (χ0n) is 9.89. The average molecular weight is 342 g/mol. The number of benzene rings is 1. The summed E-state index contributed by atoms with van der Waals surface area (Å²) in [7, 11) is 2.00. The van der Waals surface area contributed by atoms with Crippen molar-refractivity contribution in [1.29, 1.82) is 0 Å². The highest BCUT2D eigenvalue weighted by Gasteiger charge is 2.09. The lowest BCUT2D eigenvalue weighted by Crippen LogP contribution is -1.95. The summed E-state index contributed by atoms with van der Waals surface area (Å²) < 4.78 is 3.97. The first-order valence-corrected chi connectivity index (χ1v) is 6.74. The Morgan fingerprint density at radius 3 is 3.00 bits per heavy atom. The molecule has 0 fully saturated rings. The number of fused-ring (bicyclic) bond motifs is 1. The van der Waals surface area contributed by atoms with Crippen LogP contribution in [0.3, 0.4) is 0 Å². The van der Waals surface area contributed by atoms with Gasteiger partial charge in [-0.2, -0.15) is 0 Å². The highest BCUT2D eigenvalue weighted by atomic mass is 127. The van der Waals surface area contributed by atoms with Crippen LogP contribution in [0.4, 0.5) is 0 Å². The van der Waals surface area contributed by atoms with E-state index in [9.17, 15) is 5.11 Å². The van der Waals surface area contributed by atoms with Crippen molar-refractivity contribution in [3.8, 4) is 0 Å². The van der Waals surface area contributed by atoms with Gasteiger partial charge in [0.25, 0.3) is 0 Å². The molecule has 1 aromatic heterocycles. The fraction of sp³-hybridized carbons (Fsp3) is 0.308. The van der Waals surface area contributed by atoms with E-state index < -0.39 is 6.10 Å². The molecule has 2 aromatic rings. The number of rotatable bonds is 3. The Labute approximate surface area is 114 Å². The number of aliphatic hydroxyl groups is 1. The molecule has 0 amide bonds. The summed E-state index contributed by atoms with van der Waals surface area (Å²) in [6.07, 6.45) is 2.15. The Morgan fingerprint density at radius 1 is 1.53 bits per heavy atom. The molecule has 0 saturated heterocycles. The molecule has 0 spiro atoms. The van der Waals surface area contributed by atoms with Gasteiger partial charge in [0.1, 0.15) is 5.82 Å². The summed E-state index contributed by atoms with van der Waals surface area (Å²) in [5, 5.41) is 10.00. The maximum Gasteiger partial charge on any atom is 0.106 e. The number of aromatic nitrogens is 2. The van der Waals surface area contributed by atoms with Crippen LogP contribution in [0.2, 0.25) is 0 Å². The van der Waals surface area contributed by atoms with Crippen LogP contribution in [0.5, 0.6) is 0 Å². The largest absolute Gasteiger partial charge is 0.388 e. The van der Waals surface area contributed by atoms with Crippen LogP contribution in [-0.2, 0) is 7.05 Å². The second-order valence-electron chi connectivity index (χ2n) is 4.08. The molecule has 3 nitrogen and oxygen atoms in total. The van der Waals surface area contributed by atoms with Gasteiger partial charge in [-0.15, -0.1) is 0 Å². The minimum Gasteiger partial charge on any atom is -0.388 e. The van der Waals surface area contributed by atoms with Crippen molar-refractivity contribution >= 4 is 33.6 Å². The molecule has 1 heterocycles. The Kier molecular flexibility index (Phi) is 3.83. The van der Waals surface area contributed by atoms with Crippen LogP contribution in [-0.4, -0.2) is 14.7 Å². The predicted molar refractivity (Wildman–Crippen MR) is 78.2 cm³/mol. The van der Waals surface area contributed by atoms with E-state index in [4.69, 9.17) is 0 Å². The lowest BCUT2D eigenvalue weighted by Gasteiger charge is -2.08. The van der Waals surface area contributed by atoms with Crippen LogP contribution < -0.4 is 0 Å². The predicted octanol–water partition coefficient (Wildman–Crippen LogP) is 3.25. The number of aliphatic hydroxyl groups excluding tert-OH is 1. The van der Waals surface area contributed by atoms with Gasteiger partial charge in [0.15, 0.2) is 0 Å². The van der Waals surface area contributed by atoms with Gasteiger partial charge in [0.2, 0.25) is 0 Å².